The second kappa shape index (κ2) is 8.46. The normalized spacial score (nSPS) is 23.5. The molecule has 3 atom stereocenters. The fraction of sp³-hybridized carbons (Fsp3) is 0.333. The molecule has 0 unspecified atom stereocenters. The summed E-state index contributed by atoms with van der Waals surface area (Å²) in [7, 11) is 1.35. The van der Waals surface area contributed by atoms with Crippen LogP contribution in [0.2, 0.25) is 0 Å². The number of hydrogen-bond donors (Lipinski definition) is 3. The van der Waals surface area contributed by atoms with Crippen LogP contribution in [-0.2, 0) is 11.4 Å². The molecule has 1 saturated heterocycles. The van der Waals surface area contributed by atoms with Gasteiger partial charge in [-0.05, 0) is 30.2 Å². The largest absolute Gasteiger partial charge is 0.493 e. The highest BCUT2D eigenvalue weighted by molar-refractivity contribution is 5.86. The van der Waals surface area contributed by atoms with Crippen molar-refractivity contribution in [2.75, 3.05) is 7.11 Å². The van der Waals surface area contributed by atoms with Gasteiger partial charge in [0, 0.05) is 0 Å². The van der Waals surface area contributed by atoms with Crippen molar-refractivity contribution < 1.29 is 37.3 Å². The van der Waals surface area contributed by atoms with E-state index in [4.69, 9.17) is 9.47 Å². The average molecular weight is 438 g/mol. The van der Waals surface area contributed by atoms with Crippen LogP contribution in [0.1, 0.15) is 24.1 Å². The van der Waals surface area contributed by atoms with Crippen LogP contribution in [0.15, 0.2) is 48.5 Å². The number of ketones is 1. The Hall–Kier alpha value is -3.27. The van der Waals surface area contributed by atoms with Crippen LogP contribution < -0.4 is 20.1 Å². The number of methoxy groups -OCH3 is 1. The molecule has 0 aliphatic carbocycles. The van der Waals surface area contributed by atoms with E-state index in [9.17, 15) is 27.9 Å². The molecule has 3 rings (SSSR count). The molecule has 2 aromatic rings. The Morgan fingerprint density at radius 2 is 1.84 bits per heavy atom. The predicted octanol–water partition coefficient (Wildman–Crippen LogP) is 3.08. The molecule has 2 amide bonds. The first-order valence-corrected chi connectivity index (χ1v) is 9.29. The number of aliphatic hydroxyl groups is 1. The SMILES string of the molecule is COc1cc([C@@H]2NC(=O)N[C@@](O)(C(F)(F)F)[C@H]2C(C)=O)ccc1OCc1ccccc1. The van der Waals surface area contributed by atoms with Gasteiger partial charge in [0.25, 0.3) is 0 Å². The number of ether oxygens (including phenoxy) is 2. The molecule has 0 bridgehead atoms. The summed E-state index contributed by atoms with van der Waals surface area (Å²) >= 11 is 0. The number of halogens is 3. The molecule has 0 radical (unpaired) electrons. The number of hydrogen-bond acceptors (Lipinski definition) is 5. The van der Waals surface area contributed by atoms with Crippen molar-refractivity contribution in [1.82, 2.24) is 10.6 Å². The maximum atomic E-state index is 13.6. The minimum Gasteiger partial charge on any atom is -0.493 e. The van der Waals surface area contributed by atoms with Crippen molar-refractivity contribution in [2.45, 2.75) is 31.5 Å². The number of alkyl halides is 3. The van der Waals surface area contributed by atoms with Crippen LogP contribution in [0.25, 0.3) is 0 Å². The minimum atomic E-state index is -5.28. The summed E-state index contributed by atoms with van der Waals surface area (Å²) in [5.41, 5.74) is -2.69. The Morgan fingerprint density at radius 3 is 2.42 bits per heavy atom. The average Bonchev–Trinajstić information content (AvgIpc) is 2.71. The molecule has 1 aliphatic heterocycles. The summed E-state index contributed by atoms with van der Waals surface area (Å²) in [6.07, 6.45) is -5.28. The van der Waals surface area contributed by atoms with Gasteiger partial charge in [-0.1, -0.05) is 36.4 Å². The van der Waals surface area contributed by atoms with Crippen LogP contribution in [-0.4, -0.2) is 35.9 Å². The van der Waals surface area contributed by atoms with E-state index in [0.717, 1.165) is 12.5 Å². The third-order valence-corrected chi connectivity index (χ3v) is 5.03. The number of carbonyl (C=O) groups excluding carboxylic acids is 2. The maximum absolute atomic E-state index is 13.6. The zero-order valence-corrected chi connectivity index (χ0v) is 16.7. The molecule has 2 aromatic carbocycles. The van der Waals surface area contributed by atoms with Gasteiger partial charge in [-0.3, -0.25) is 4.79 Å². The third kappa shape index (κ3) is 4.43. The van der Waals surface area contributed by atoms with Crippen LogP contribution in [0.5, 0.6) is 11.5 Å². The molecule has 10 heteroatoms. The van der Waals surface area contributed by atoms with Gasteiger partial charge in [-0.25, -0.2) is 4.79 Å². The van der Waals surface area contributed by atoms with Crippen LogP contribution in [0.4, 0.5) is 18.0 Å². The smallest absolute Gasteiger partial charge is 0.437 e. The summed E-state index contributed by atoms with van der Waals surface area (Å²) < 4.78 is 51.8. The lowest BCUT2D eigenvalue weighted by Gasteiger charge is -2.44. The first-order chi connectivity index (χ1) is 14.6. The summed E-state index contributed by atoms with van der Waals surface area (Å²) in [5, 5.41) is 14.0. The molecule has 31 heavy (non-hydrogen) atoms. The molecule has 0 aromatic heterocycles. The standard InChI is InChI=1S/C21H21F3N2O5/c1-12(27)17-18(25-19(28)26-20(17,29)21(22,23)24)14-8-9-15(16(10-14)30-2)31-11-13-6-4-3-5-7-13/h3-10,17-18,29H,11H2,1-2H3,(H2,25,26,28)/t17-,18-,20-/m0/s1. The topological polar surface area (TPSA) is 96.9 Å². The first kappa shape index (κ1) is 22.4. The zero-order valence-electron chi connectivity index (χ0n) is 16.7. The number of benzene rings is 2. The van der Waals surface area contributed by atoms with E-state index in [2.05, 4.69) is 5.32 Å². The molecular weight excluding hydrogens is 417 g/mol. The van der Waals surface area contributed by atoms with E-state index < -0.39 is 35.7 Å². The van der Waals surface area contributed by atoms with Crippen molar-refractivity contribution in [1.29, 1.82) is 0 Å². The van der Waals surface area contributed by atoms with Gasteiger partial charge in [0.2, 0.25) is 5.72 Å². The molecule has 1 heterocycles. The van der Waals surface area contributed by atoms with E-state index >= 15 is 0 Å². The van der Waals surface area contributed by atoms with Gasteiger partial charge in [0.1, 0.15) is 12.4 Å². The van der Waals surface area contributed by atoms with Gasteiger partial charge < -0.3 is 25.2 Å². The Bertz CT molecular complexity index is 967. The molecule has 166 valence electrons. The highest BCUT2D eigenvalue weighted by atomic mass is 19.4. The van der Waals surface area contributed by atoms with E-state index in [0.29, 0.717) is 5.75 Å². The molecule has 7 nitrogen and oxygen atoms in total. The van der Waals surface area contributed by atoms with Crippen LogP contribution in [0, 0.1) is 5.92 Å². The minimum absolute atomic E-state index is 0.140. The quantitative estimate of drug-likeness (QED) is 0.644. The summed E-state index contributed by atoms with van der Waals surface area (Å²) in [6.45, 7) is 1.15. The molecule has 3 N–H and O–H groups in total. The molecule has 1 aliphatic rings. The van der Waals surface area contributed by atoms with Crippen molar-refractivity contribution in [3.05, 3.63) is 59.7 Å². The number of Topliss-reactive ketones (excluding diaryl/α,β-unsaturated/α-hetero) is 1. The van der Waals surface area contributed by atoms with Gasteiger partial charge in [-0.2, -0.15) is 13.2 Å². The lowest BCUT2D eigenvalue weighted by molar-refractivity contribution is -0.290. The molecule has 1 fully saturated rings. The number of amides is 2. The molecular formula is C21H21F3N2O5. The zero-order chi connectivity index (χ0) is 22.8. The first-order valence-electron chi connectivity index (χ1n) is 9.29. The highest BCUT2D eigenvalue weighted by Gasteiger charge is 2.65. The molecule has 0 spiro atoms. The van der Waals surface area contributed by atoms with Gasteiger partial charge in [0.15, 0.2) is 11.5 Å². The number of urea groups is 1. The summed E-state index contributed by atoms with van der Waals surface area (Å²) in [6, 6.07) is 10.8. The number of carbonyl (C=O) groups is 2. The third-order valence-electron chi connectivity index (χ3n) is 5.03. The number of rotatable bonds is 6. The van der Waals surface area contributed by atoms with Crippen molar-refractivity contribution in [3.63, 3.8) is 0 Å². The Balaban J connectivity index is 1.94. The highest BCUT2D eigenvalue weighted by Crippen LogP contribution is 2.44. The van der Waals surface area contributed by atoms with Crippen LogP contribution in [0.3, 0.4) is 0 Å². The Labute approximate surface area is 176 Å². The fourth-order valence-corrected chi connectivity index (χ4v) is 3.54. The van der Waals surface area contributed by atoms with Gasteiger partial charge >= 0.3 is 12.2 Å². The Morgan fingerprint density at radius 1 is 1.16 bits per heavy atom. The molecule has 0 saturated carbocycles. The Kier molecular flexibility index (Phi) is 6.12. The second-order valence-electron chi connectivity index (χ2n) is 7.11. The lowest BCUT2D eigenvalue weighted by atomic mass is 9.79. The van der Waals surface area contributed by atoms with E-state index in [1.165, 1.54) is 30.6 Å². The van der Waals surface area contributed by atoms with Gasteiger partial charge in [0.05, 0.1) is 19.1 Å². The van der Waals surface area contributed by atoms with Gasteiger partial charge in [-0.15, -0.1) is 0 Å². The second-order valence-corrected chi connectivity index (χ2v) is 7.11. The van der Waals surface area contributed by atoms with Crippen molar-refractivity contribution >= 4 is 11.8 Å². The van der Waals surface area contributed by atoms with Crippen molar-refractivity contribution in [2.24, 2.45) is 5.92 Å². The van der Waals surface area contributed by atoms with E-state index in [-0.39, 0.29) is 17.9 Å². The monoisotopic (exact) mass is 438 g/mol. The maximum Gasteiger partial charge on any atom is 0.437 e. The van der Waals surface area contributed by atoms with Crippen LogP contribution >= 0.6 is 0 Å². The summed E-state index contributed by atoms with van der Waals surface area (Å²) in [4.78, 5) is 24.0. The van der Waals surface area contributed by atoms with E-state index in [1.807, 2.05) is 30.3 Å². The summed E-state index contributed by atoms with van der Waals surface area (Å²) in [5.74, 6) is -2.47. The van der Waals surface area contributed by atoms with Crippen molar-refractivity contribution in [3.8, 4) is 11.5 Å². The fourth-order valence-electron chi connectivity index (χ4n) is 3.54. The number of nitrogens with one attached hydrogen (secondary N) is 2. The van der Waals surface area contributed by atoms with E-state index in [1.54, 1.807) is 0 Å². The predicted molar refractivity (Wildman–Crippen MR) is 103 cm³/mol. The lowest BCUT2D eigenvalue weighted by Crippen LogP contribution is -2.72.